The Kier molecular flexibility index (Phi) is 3.79. The van der Waals surface area contributed by atoms with Gasteiger partial charge in [-0.1, -0.05) is 41.1 Å². The van der Waals surface area contributed by atoms with E-state index in [2.05, 4.69) is 41.1 Å². The Bertz CT molecular complexity index is 424. The summed E-state index contributed by atoms with van der Waals surface area (Å²) < 4.78 is 0. The summed E-state index contributed by atoms with van der Waals surface area (Å²) in [5.41, 5.74) is 4.80. The first-order valence-electron chi connectivity index (χ1n) is 7.47. The lowest BCUT2D eigenvalue weighted by atomic mass is 9.79. The van der Waals surface area contributed by atoms with Crippen LogP contribution in [0.4, 0.5) is 0 Å². The molecule has 2 aliphatic carbocycles. The van der Waals surface area contributed by atoms with Gasteiger partial charge in [0.2, 0.25) is 0 Å². The van der Waals surface area contributed by atoms with Gasteiger partial charge in [-0.2, -0.15) is 0 Å². The van der Waals surface area contributed by atoms with E-state index in [1.807, 2.05) is 0 Å². The summed E-state index contributed by atoms with van der Waals surface area (Å²) in [7, 11) is 0. The van der Waals surface area contributed by atoms with E-state index in [1.54, 1.807) is 16.7 Å². The largest absolute Gasteiger partial charge is 0.0888 e. The molecule has 0 heterocycles. The summed E-state index contributed by atoms with van der Waals surface area (Å²) in [5.74, 6) is 1.76. The third-order valence-electron chi connectivity index (χ3n) is 4.81. The van der Waals surface area contributed by atoms with Crippen LogP contribution < -0.4 is 0 Å². The number of alkyl halides is 1. The predicted octanol–water partition coefficient (Wildman–Crippen LogP) is 4.92. The summed E-state index contributed by atoms with van der Waals surface area (Å²) >= 11 is 3.90. The van der Waals surface area contributed by atoms with Crippen LogP contribution in [0.15, 0.2) is 18.2 Å². The first-order valence-corrected chi connectivity index (χ1v) is 8.38. The molecule has 18 heavy (non-hydrogen) atoms. The molecule has 3 rings (SSSR count). The molecule has 3 atom stereocenters. The number of benzene rings is 1. The molecule has 0 bridgehead atoms. The zero-order valence-electron chi connectivity index (χ0n) is 11.3. The van der Waals surface area contributed by atoms with E-state index in [0.717, 1.165) is 16.7 Å². The molecule has 0 N–H and O–H groups in total. The Labute approximate surface area is 119 Å². The van der Waals surface area contributed by atoms with Crippen molar-refractivity contribution in [2.24, 2.45) is 11.8 Å². The van der Waals surface area contributed by atoms with E-state index in [1.165, 1.54) is 44.9 Å². The molecular weight excluding hydrogens is 284 g/mol. The van der Waals surface area contributed by atoms with Crippen molar-refractivity contribution in [3.63, 3.8) is 0 Å². The van der Waals surface area contributed by atoms with E-state index in [0.29, 0.717) is 0 Å². The molecule has 1 saturated carbocycles. The van der Waals surface area contributed by atoms with E-state index in [9.17, 15) is 0 Å². The minimum atomic E-state index is 0.738. The molecule has 1 fully saturated rings. The first-order chi connectivity index (χ1) is 8.72. The molecule has 0 aromatic heterocycles. The van der Waals surface area contributed by atoms with Crippen LogP contribution >= 0.6 is 15.9 Å². The average molecular weight is 307 g/mol. The average Bonchev–Trinajstić information content (AvgIpc) is 2.81. The molecule has 1 heteroatoms. The minimum absolute atomic E-state index is 0.738. The molecule has 0 saturated heterocycles. The minimum Gasteiger partial charge on any atom is -0.0888 e. The Balaban J connectivity index is 1.72. The molecular formula is C17H23Br. The summed E-state index contributed by atoms with van der Waals surface area (Å²) in [5, 5.41) is 0. The zero-order chi connectivity index (χ0) is 12.5. The fraction of sp³-hybridized carbons (Fsp3) is 0.647. The van der Waals surface area contributed by atoms with E-state index in [-0.39, 0.29) is 0 Å². The third-order valence-corrected chi connectivity index (χ3v) is 6.02. The summed E-state index contributed by atoms with van der Waals surface area (Å²) in [6.45, 7) is 2.41. The molecule has 0 spiro atoms. The van der Waals surface area contributed by atoms with Crippen LogP contribution in [-0.4, -0.2) is 4.83 Å². The number of aryl methyl sites for hydroxylation is 2. The highest BCUT2D eigenvalue weighted by Gasteiger charge is 2.27. The maximum atomic E-state index is 3.90. The number of rotatable bonds is 2. The van der Waals surface area contributed by atoms with Gasteiger partial charge in [0.15, 0.2) is 0 Å². The normalized spacial score (nSPS) is 31.3. The van der Waals surface area contributed by atoms with E-state index in [4.69, 9.17) is 0 Å². The fourth-order valence-corrected chi connectivity index (χ4v) is 4.39. The summed E-state index contributed by atoms with van der Waals surface area (Å²) in [6.07, 6.45) is 9.40. The molecule has 3 unspecified atom stereocenters. The van der Waals surface area contributed by atoms with Gasteiger partial charge in [0, 0.05) is 4.83 Å². The second-order valence-corrected chi connectivity index (χ2v) is 7.53. The lowest BCUT2D eigenvalue weighted by molar-refractivity contribution is 0.294. The Hall–Kier alpha value is -0.300. The van der Waals surface area contributed by atoms with Crippen LogP contribution in [0.3, 0.4) is 0 Å². The van der Waals surface area contributed by atoms with Gasteiger partial charge in [0.1, 0.15) is 0 Å². The monoisotopic (exact) mass is 306 g/mol. The van der Waals surface area contributed by atoms with E-state index < -0.39 is 0 Å². The Morgan fingerprint density at radius 3 is 2.89 bits per heavy atom. The second-order valence-electron chi connectivity index (χ2n) is 6.36. The van der Waals surface area contributed by atoms with Crippen molar-refractivity contribution in [2.45, 2.75) is 56.7 Å². The zero-order valence-corrected chi connectivity index (χ0v) is 12.9. The van der Waals surface area contributed by atoms with Crippen molar-refractivity contribution in [2.75, 3.05) is 0 Å². The lowest BCUT2D eigenvalue weighted by Gasteiger charge is -2.31. The van der Waals surface area contributed by atoms with Gasteiger partial charge in [0.25, 0.3) is 0 Å². The maximum absolute atomic E-state index is 3.90. The first kappa shape index (κ1) is 12.7. The van der Waals surface area contributed by atoms with Crippen molar-refractivity contribution >= 4 is 15.9 Å². The molecule has 0 aliphatic heterocycles. The molecule has 0 radical (unpaired) electrons. The van der Waals surface area contributed by atoms with Crippen molar-refractivity contribution in [3.8, 4) is 0 Å². The van der Waals surface area contributed by atoms with Crippen molar-refractivity contribution in [1.82, 2.24) is 0 Å². The molecule has 1 aromatic carbocycles. The standard InChI is InChI=1S/C17H23Br/c1-12-5-8-17(18)16(9-12)11-13-6-7-14-3-2-4-15(14)10-13/h6-7,10,12,16-17H,2-5,8-9,11H2,1H3. The van der Waals surface area contributed by atoms with Crippen molar-refractivity contribution in [1.29, 1.82) is 0 Å². The number of hydrogen-bond acceptors (Lipinski definition) is 0. The number of hydrogen-bond donors (Lipinski definition) is 0. The van der Waals surface area contributed by atoms with Crippen LogP contribution in [0.5, 0.6) is 0 Å². The van der Waals surface area contributed by atoms with Gasteiger partial charge in [-0.25, -0.2) is 0 Å². The maximum Gasteiger partial charge on any atom is 0.0177 e. The van der Waals surface area contributed by atoms with Crippen LogP contribution in [-0.2, 0) is 19.3 Å². The van der Waals surface area contributed by atoms with Crippen LogP contribution in [0.1, 0.15) is 49.3 Å². The molecule has 98 valence electrons. The highest BCUT2D eigenvalue weighted by molar-refractivity contribution is 9.09. The van der Waals surface area contributed by atoms with Gasteiger partial charge in [0.05, 0.1) is 0 Å². The second kappa shape index (κ2) is 5.36. The molecule has 0 amide bonds. The lowest BCUT2D eigenvalue weighted by Crippen LogP contribution is -2.25. The number of fused-ring (bicyclic) bond motifs is 1. The van der Waals surface area contributed by atoms with Gasteiger partial charge in [-0.3, -0.25) is 0 Å². The fourth-order valence-electron chi connectivity index (χ4n) is 3.73. The summed E-state index contributed by atoms with van der Waals surface area (Å²) in [4.78, 5) is 0.738. The van der Waals surface area contributed by atoms with Crippen LogP contribution in [0, 0.1) is 11.8 Å². The Morgan fingerprint density at radius 1 is 1.17 bits per heavy atom. The van der Waals surface area contributed by atoms with Crippen molar-refractivity contribution < 1.29 is 0 Å². The molecule has 2 aliphatic rings. The Morgan fingerprint density at radius 2 is 2.00 bits per heavy atom. The SMILES string of the molecule is CC1CCC(Br)C(Cc2ccc3c(c2)CCC3)C1. The van der Waals surface area contributed by atoms with Gasteiger partial charge < -0.3 is 0 Å². The smallest absolute Gasteiger partial charge is 0.0177 e. The topological polar surface area (TPSA) is 0 Å². The van der Waals surface area contributed by atoms with Crippen molar-refractivity contribution in [3.05, 3.63) is 34.9 Å². The third kappa shape index (κ3) is 2.66. The highest BCUT2D eigenvalue weighted by Crippen LogP contribution is 2.36. The predicted molar refractivity (Wildman–Crippen MR) is 81.4 cm³/mol. The van der Waals surface area contributed by atoms with E-state index >= 15 is 0 Å². The number of halogens is 1. The van der Waals surface area contributed by atoms with Crippen LogP contribution in [0.2, 0.25) is 0 Å². The molecule has 0 nitrogen and oxygen atoms in total. The highest BCUT2D eigenvalue weighted by atomic mass is 79.9. The van der Waals surface area contributed by atoms with Gasteiger partial charge in [-0.15, -0.1) is 0 Å². The van der Waals surface area contributed by atoms with Crippen LogP contribution in [0.25, 0.3) is 0 Å². The van der Waals surface area contributed by atoms with Gasteiger partial charge in [-0.05, 0) is 73.5 Å². The quantitative estimate of drug-likeness (QED) is 0.681. The van der Waals surface area contributed by atoms with Gasteiger partial charge >= 0.3 is 0 Å². The molecule has 1 aromatic rings. The summed E-state index contributed by atoms with van der Waals surface area (Å²) in [6, 6.07) is 7.25.